The number of amides is 2. The molecule has 0 aromatic heterocycles. The number of rotatable bonds is 12. The highest BCUT2D eigenvalue weighted by molar-refractivity contribution is 6.39. The van der Waals surface area contributed by atoms with Gasteiger partial charge in [-0.2, -0.15) is 0 Å². The number of methoxy groups -OCH3 is 3. The highest BCUT2D eigenvalue weighted by Gasteiger charge is 2.53. The van der Waals surface area contributed by atoms with Gasteiger partial charge in [0.25, 0.3) is 11.7 Å². The number of ether oxygens (including phenoxy) is 7. The molecule has 3 N–H and O–H groups in total. The van der Waals surface area contributed by atoms with Gasteiger partial charge in [-0.1, -0.05) is 88.8 Å². The standard InChI is InChI=1S/C65H98N2O16/c1-40-20-15-14-16-21-41(2)52(67(63(75)83-64(8,9)10)39-48-22-19-23-49(35-48)80-31-30-77-11)37-50-27-25-46(7)65(76,82-50)60(72)61(73)66-29-18-17-24-51(66)62(74)81-55(43(4)34-47-26-28-53(68)56(36-47)78-12)38-54(69)42(3)33-45(6)58(71)59(79-13)57(70)44(5)32-40/h14-16,19-23,33,35,40,42-44,46-47,50-53,55-56,58-59,68,71,76H,17-18,24-32,34,36-39H2,1-13H3/b16-14?,20-15+,41-21?,45-33+/t40-,42-,43-,44-,46-,47+,50+,51+,52?,53-,55+,56-,58-,59+,65-/m1/s1. The summed E-state index contributed by atoms with van der Waals surface area (Å²) in [7, 11) is 4.51. The van der Waals surface area contributed by atoms with Crippen LogP contribution < -0.4 is 4.74 Å². The number of benzene rings is 1. The lowest BCUT2D eigenvalue weighted by Crippen LogP contribution is -2.61. The van der Waals surface area contributed by atoms with Gasteiger partial charge in [-0.15, -0.1) is 0 Å². The number of esters is 1. The van der Waals surface area contributed by atoms with Crippen LogP contribution in [-0.4, -0.2) is 162 Å². The molecular weight excluding hydrogens is 1060 g/mol. The van der Waals surface area contributed by atoms with Crippen LogP contribution in [-0.2, 0) is 58.9 Å². The molecule has 18 nitrogen and oxygen atoms in total. The molecule has 2 amide bonds. The van der Waals surface area contributed by atoms with Crippen LogP contribution in [0.2, 0.25) is 0 Å². The molecule has 0 radical (unpaired) electrons. The molecule has 3 fully saturated rings. The zero-order chi connectivity index (χ0) is 61.3. The summed E-state index contributed by atoms with van der Waals surface area (Å²) in [6.07, 6.45) is 9.33. The topological polar surface area (TPSA) is 234 Å². The number of cyclic esters (lactones) is 1. The number of hydrogen-bond acceptors (Lipinski definition) is 16. The molecule has 3 aliphatic heterocycles. The molecule has 5 rings (SSSR count). The lowest BCUT2D eigenvalue weighted by Gasteiger charge is -2.44. The molecular formula is C65H98N2O16. The summed E-state index contributed by atoms with van der Waals surface area (Å²) in [6.45, 7) is 18.6. The van der Waals surface area contributed by atoms with Gasteiger partial charge in [-0.25, -0.2) is 9.59 Å². The van der Waals surface area contributed by atoms with Crippen LogP contribution in [0.25, 0.3) is 0 Å². The van der Waals surface area contributed by atoms with Crippen LogP contribution in [0.4, 0.5) is 4.79 Å². The first-order valence-electron chi connectivity index (χ1n) is 30.1. The van der Waals surface area contributed by atoms with E-state index in [1.165, 1.54) is 7.11 Å². The molecule has 1 aromatic carbocycles. The van der Waals surface area contributed by atoms with E-state index in [1.54, 1.807) is 73.7 Å². The Labute approximate surface area is 493 Å². The molecule has 464 valence electrons. The van der Waals surface area contributed by atoms with E-state index in [4.69, 9.17) is 33.2 Å². The van der Waals surface area contributed by atoms with Crippen molar-refractivity contribution in [3.8, 4) is 5.75 Å². The Balaban J connectivity index is 1.58. The van der Waals surface area contributed by atoms with Crippen molar-refractivity contribution in [2.45, 2.75) is 213 Å². The second-order valence-electron chi connectivity index (χ2n) is 25.0. The molecule has 1 aromatic rings. The molecule has 0 spiro atoms. The summed E-state index contributed by atoms with van der Waals surface area (Å²) in [4.78, 5) is 89.9. The number of aliphatic hydroxyl groups excluding tert-OH is 2. The molecule has 1 saturated carbocycles. The van der Waals surface area contributed by atoms with Crippen molar-refractivity contribution in [1.29, 1.82) is 0 Å². The van der Waals surface area contributed by atoms with Gasteiger partial charge in [0.05, 0.1) is 31.0 Å². The molecule has 15 atom stereocenters. The predicted molar refractivity (Wildman–Crippen MR) is 314 cm³/mol. The van der Waals surface area contributed by atoms with Crippen molar-refractivity contribution in [2.75, 3.05) is 41.1 Å². The molecule has 18 heteroatoms. The second kappa shape index (κ2) is 31.9. The third kappa shape index (κ3) is 19.5. The Morgan fingerprint density at radius 3 is 2.30 bits per heavy atom. The van der Waals surface area contributed by atoms with E-state index < -0.39 is 95.5 Å². The number of hydrogen-bond donors (Lipinski definition) is 3. The normalized spacial score (nSPS) is 33.2. The molecule has 1 aliphatic carbocycles. The SMILES string of the molecule is COCCOc1cccc(CN(C(=O)OC(C)(C)C)C2C[C@@H]3CC[C@@H](C)[C@@](O)(O3)C(=O)C(=O)N3CCCC[C@H]3C(=O)O[C@H]([C@H](C)C[C@@H]3CC[C@@H](O)[C@H](OC)C3)CC(=O)[C@H](C)/C=C(\C)[C@@H](O)[C@@H](OC)C(=O)[C@H](C)C[C@H](C)/C=C/C=CC=C2C)c1. The van der Waals surface area contributed by atoms with Crippen LogP contribution >= 0.6 is 0 Å². The van der Waals surface area contributed by atoms with Gasteiger partial charge >= 0.3 is 12.1 Å². The Bertz CT molecular complexity index is 2460. The lowest BCUT2D eigenvalue weighted by atomic mass is 9.78. The van der Waals surface area contributed by atoms with Gasteiger partial charge in [-0.05, 0) is 146 Å². The van der Waals surface area contributed by atoms with Gasteiger partial charge in [0.15, 0.2) is 5.78 Å². The predicted octanol–water partition coefficient (Wildman–Crippen LogP) is 9.00. The van der Waals surface area contributed by atoms with Gasteiger partial charge in [0.1, 0.15) is 48.1 Å². The highest BCUT2D eigenvalue weighted by atomic mass is 16.6. The van der Waals surface area contributed by atoms with Crippen molar-refractivity contribution in [2.24, 2.45) is 35.5 Å². The van der Waals surface area contributed by atoms with Gasteiger partial charge < -0.3 is 53.4 Å². The monoisotopic (exact) mass is 1160 g/mol. The van der Waals surface area contributed by atoms with E-state index in [0.717, 1.165) is 10.5 Å². The van der Waals surface area contributed by atoms with Gasteiger partial charge in [-0.3, -0.25) is 24.1 Å². The minimum Gasteiger partial charge on any atom is -0.491 e. The summed E-state index contributed by atoms with van der Waals surface area (Å²) in [5.74, 6) is -8.30. The number of carbonyl (C=O) groups is 6. The van der Waals surface area contributed by atoms with E-state index >= 15 is 0 Å². The molecule has 83 heavy (non-hydrogen) atoms. The summed E-state index contributed by atoms with van der Waals surface area (Å²) in [5.41, 5.74) is 0.899. The number of nitrogens with zero attached hydrogens (tertiary/aromatic N) is 2. The highest BCUT2D eigenvalue weighted by Crippen LogP contribution is 2.39. The second-order valence-corrected chi connectivity index (χ2v) is 25.0. The number of Topliss-reactive ketones (excluding diaryl/α,β-unsaturated/α-hetero) is 3. The smallest absolute Gasteiger partial charge is 0.411 e. The molecule has 2 saturated heterocycles. The van der Waals surface area contributed by atoms with Crippen LogP contribution in [0.3, 0.4) is 0 Å². The maximum Gasteiger partial charge on any atom is 0.411 e. The fourth-order valence-electron chi connectivity index (χ4n) is 12.0. The van der Waals surface area contributed by atoms with Gasteiger partial charge in [0, 0.05) is 58.6 Å². The maximum absolute atomic E-state index is 14.8. The third-order valence-corrected chi connectivity index (χ3v) is 17.0. The van der Waals surface area contributed by atoms with Crippen molar-refractivity contribution in [3.05, 3.63) is 77.4 Å². The van der Waals surface area contributed by atoms with E-state index in [1.807, 2.05) is 75.4 Å². The third-order valence-electron chi connectivity index (χ3n) is 17.0. The Morgan fingerprint density at radius 1 is 0.880 bits per heavy atom. The minimum absolute atomic E-state index is 0.0184. The summed E-state index contributed by atoms with van der Waals surface area (Å²) in [5, 5.41) is 34.7. The number of ketones is 3. The summed E-state index contributed by atoms with van der Waals surface area (Å²) in [6, 6.07) is 5.37. The van der Waals surface area contributed by atoms with E-state index in [9.17, 15) is 44.1 Å². The van der Waals surface area contributed by atoms with Crippen molar-refractivity contribution < 1.29 is 77.2 Å². The first-order chi connectivity index (χ1) is 39.2. The fourth-order valence-corrected chi connectivity index (χ4v) is 12.0. The minimum atomic E-state index is -2.61. The number of carbonyl (C=O) groups excluding carboxylic acids is 6. The van der Waals surface area contributed by atoms with Crippen molar-refractivity contribution >= 4 is 35.3 Å². The van der Waals surface area contributed by atoms with Gasteiger partial charge in [0.2, 0.25) is 5.79 Å². The fraction of sp³-hybridized carbons (Fsp3) is 0.692. The van der Waals surface area contributed by atoms with Crippen molar-refractivity contribution in [1.82, 2.24) is 9.80 Å². The Hall–Kier alpha value is -5.08. The zero-order valence-electron chi connectivity index (χ0n) is 51.7. The zero-order valence-corrected chi connectivity index (χ0v) is 51.7. The van der Waals surface area contributed by atoms with Crippen LogP contribution in [0, 0.1) is 35.5 Å². The molecule has 3 heterocycles. The average Bonchev–Trinajstić information content (AvgIpc) is 3.45. The van der Waals surface area contributed by atoms with Crippen molar-refractivity contribution in [3.63, 3.8) is 0 Å². The first-order valence-corrected chi connectivity index (χ1v) is 30.1. The number of fused-ring (bicyclic) bond motifs is 3. The molecule has 1 unspecified atom stereocenters. The van der Waals surface area contributed by atoms with E-state index in [-0.39, 0.29) is 74.2 Å². The number of aliphatic hydroxyl groups is 3. The maximum atomic E-state index is 14.8. The Morgan fingerprint density at radius 2 is 1.61 bits per heavy atom. The quantitative estimate of drug-likeness (QED) is 0.0766. The van der Waals surface area contributed by atoms with Crippen LogP contribution in [0.1, 0.15) is 152 Å². The number of allylic oxidation sites excluding steroid dienone is 6. The van der Waals surface area contributed by atoms with Crippen LogP contribution in [0.15, 0.2) is 71.9 Å². The Kier molecular flexibility index (Phi) is 26.4. The summed E-state index contributed by atoms with van der Waals surface area (Å²) < 4.78 is 41.3. The number of piperidine rings is 1. The largest absolute Gasteiger partial charge is 0.491 e. The molecule has 2 bridgehead atoms. The van der Waals surface area contributed by atoms with E-state index in [2.05, 4.69) is 0 Å². The first kappa shape index (κ1) is 68.7. The van der Waals surface area contributed by atoms with Crippen LogP contribution in [0.5, 0.6) is 5.75 Å². The van der Waals surface area contributed by atoms with E-state index in [0.29, 0.717) is 81.5 Å². The lowest BCUT2D eigenvalue weighted by molar-refractivity contribution is -0.264. The average molecular weight is 1160 g/mol. The summed E-state index contributed by atoms with van der Waals surface area (Å²) >= 11 is 0. The molecule has 4 aliphatic rings.